The van der Waals surface area contributed by atoms with Crippen LogP contribution in [0, 0.1) is 0 Å². The first kappa shape index (κ1) is 16.9. The number of nitrogens with one attached hydrogen (secondary N) is 1. The lowest BCUT2D eigenvalue weighted by Crippen LogP contribution is -2.46. The molecule has 0 spiro atoms. The first-order chi connectivity index (χ1) is 8.96. The van der Waals surface area contributed by atoms with Crippen LogP contribution in [-0.4, -0.2) is 53.0 Å². The SMILES string of the molecule is CC[C@H](OC)C(=O)N[C@@H](CCC(=O)C=[N+]=[N-])C(=O)O. The molecule has 0 fully saturated rings. The quantitative estimate of drug-likeness (QED) is 0.336. The third kappa shape index (κ3) is 6.44. The van der Waals surface area contributed by atoms with E-state index in [2.05, 4.69) is 10.1 Å². The Morgan fingerprint density at radius 2 is 2.11 bits per heavy atom. The van der Waals surface area contributed by atoms with Gasteiger partial charge in [-0.25, -0.2) is 4.79 Å². The molecular weight excluding hydrogens is 254 g/mol. The smallest absolute Gasteiger partial charge is 0.326 e. The van der Waals surface area contributed by atoms with E-state index in [4.69, 9.17) is 15.4 Å². The number of carbonyl (C=O) groups excluding carboxylic acids is 2. The molecule has 106 valence electrons. The van der Waals surface area contributed by atoms with E-state index in [0.717, 1.165) is 0 Å². The second-order valence-electron chi connectivity index (χ2n) is 3.78. The summed E-state index contributed by atoms with van der Waals surface area (Å²) in [5.74, 6) is -2.31. The van der Waals surface area contributed by atoms with Gasteiger partial charge in [0.25, 0.3) is 0 Å². The fourth-order valence-electron chi connectivity index (χ4n) is 1.40. The average molecular weight is 271 g/mol. The van der Waals surface area contributed by atoms with E-state index in [-0.39, 0.29) is 12.8 Å². The number of carboxylic acids is 1. The molecule has 0 rings (SSSR count). The summed E-state index contributed by atoms with van der Waals surface area (Å²) in [7, 11) is 1.35. The Bertz CT molecular complexity index is 386. The van der Waals surface area contributed by atoms with E-state index in [1.165, 1.54) is 7.11 Å². The van der Waals surface area contributed by atoms with E-state index in [0.29, 0.717) is 12.6 Å². The monoisotopic (exact) mass is 271 g/mol. The highest BCUT2D eigenvalue weighted by Crippen LogP contribution is 2.02. The summed E-state index contributed by atoms with van der Waals surface area (Å²) >= 11 is 0. The van der Waals surface area contributed by atoms with Gasteiger partial charge in [-0.1, -0.05) is 6.92 Å². The van der Waals surface area contributed by atoms with Crippen LogP contribution in [0.4, 0.5) is 0 Å². The molecule has 1 amide bonds. The van der Waals surface area contributed by atoms with Crippen molar-refractivity contribution in [2.45, 2.75) is 38.3 Å². The lowest BCUT2D eigenvalue weighted by atomic mass is 10.1. The number of hydrogen-bond acceptors (Lipinski definition) is 4. The van der Waals surface area contributed by atoms with Crippen LogP contribution < -0.4 is 5.32 Å². The summed E-state index contributed by atoms with van der Waals surface area (Å²) in [6.07, 6.45) is 0.128. The largest absolute Gasteiger partial charge is 0.480 e. The van der Waals surface area contributed by atoms with Crippen molar-refractivity contribution in [3.8, 4) is 0 Å². The molecule has 0 radical (unpaired) electrons. The van der Waals surface area contributed by atoms with E-state index in [1.54, 1.807) is 6.92 Å². The third-order valence-corrected chi connectivity index (χ3v) is 2.44. The second-order valence-corrected chi connectivity index (χ2v) is 3.78. The Hall–Kier alpha value is -2.05. The minimum atomic E-state index is -1.24. The first-order valence-electron chi connectivity index (χ1n) is 5.72. The zero-order valence-electron chi connectivity index (χ0n) is 10.8. The van der Waals surface area contributed by atoms with Crippen molar-refractivity contribution in [1.29, 1.82) is 0 Å². The number of nitrogens with zero attached hydrogens (tertiary/aromatic N) is 2. The van der Waals surface area contributed by atoms with Crippen LogP contribution in [0.1, 0.15) is 26.2 Å². The maximum atomic E-state index is 11.6. The number of rotatable bonds is 9. The molecule has 0 aliphatic carbocycles. The van der Waals surface area contributed by atoms with Gasteiger partial charge in [-0.15, -0.1) is 0 Å². The number of carboxylic acid groups (broad SMARTS) is 1. The van der Waals surface area contributed by atoms with Gasteiger partial charge in [-0.05, 0) is 12.8 Å². The second kappa shape index (κ2) is 8.96. The highest BCUT2D eigenvalue weighted by molar-refractivity contribution is 6.25. The molecule has 0 aromatic carbocycles. The van der Waals surface area contributed by atoms with Crippen molar-refractivity contribution in [1.82, 2.24) is 5.32 Å². The van der Waals surface area contributed by atoms with Gasteiger partial charge < -0.3 is 20.7 Å². The molecule has 0 aliphatic rings. The normalized spacial score (nSPS) is 12.9. The van der Waals surface area contributed by atoms with Gasteiger partial charge in [0.15, 0.2) is 0 Å². The van der Waals surface area contributed by atoms with Crippen LogP contribution in [0.25, 0.3) is 5.53 Å². The van der Waals surface area contributed by atoms with Crippen LogP contribution in [-0.2, 0) is 19.1 Å². The van der Waals surface area contributed by atoms with Crippen LogP contribution >= 0.6 is 0 Å². The number of ether oxygens (including phenoxy) is 1. The lowest BCUT2D eigenvalue weighted by molar-refractivity contribution is -0.144. The minimum absolute atomic E-state index is 0.0912. The molecule has 0 bridgehead atoms. The Morgan fingerprint density at radius 1 is 1.47 bits per heavy atom. The van der Waals surface area contributed by atoms with E-state index >= 15 is 0 Å². The predicted molar refractivity (Wildman–Crippen MR) is 64.6 cm³/mol. The summed E-state index contributed by atoms with van der Waals surface area (Å²) < 4.78 is 4.88. The minimum Gasteiger partial charge on any atom is -0.480 e. The number of aliphatic carboxylic acids is 1. The van der Waals surface area contributed by atoms with Gasteiger partial charge in [0.2, 0.25) is 11.7 Å². The number of amides is 1. The molecule has 2 atom stereocenters. The summed E-state index contributed by atoms with van der Waals surface area (Å²) in [5.41, 5.74) is 8.14. The van der Waals surface area contributed by atoms with Crippen molar-refractivity contribution in [3.05, 3.63) is 5.53 Å². The van der Waals surface area contributed by atoms with E-state index < -0.39 is 29.8 Å². The Labute approximate surface area is 110 Å². The molecule has 8 heteroatoms. The van der Waals surface area contributed by atoms with Crippen LogP contribution in [0.15, 0.2) is 0 Å². The van der Waals surface area contributed by atoms with Gasteiger partial charge in [-0.2, -0.15) is 4.79 Å². The maximum Gasteiger partial charge on any atom is 0.326 e. The molecule has 0 aromatic heterocycles. The zero-order chi connectivity index (χ0) is 14.8. The summed E-state index contributed by atoms with van der Waals surface area (Å²) in [4.78, 5) is 36.2. The van der Waals surface area contributed by atoms with Gasteiger partial charge in [0, 0.05) is 13.5 Å². The van der Waals surface area contributed by atoms with Crippen molar-refractivity contribution in [2.24, 2.45) is 0 Å². The molecule has 19 heavy (non-hydrogen) atoms. The fourth-order valence-corrected chi connectivity index (χ4v) is 1.40. The molecule has 0 saturated heterocycles. The maximum absolute atomic E-state index is 11.6. The summed E-state index contributed by atoms with van der Waals surface area (Å²) in [6.45, 7) is 1.73. The Morgan fingerprint density at radius 3 is 2.53 bits per heavy atom. The number of carbonyl (C=O) groups is 3. The van der Waals surface area contributed by atoms with Crippen molar-refractivity contribution in [2.75, 3.05) is 7.11 Å². The number of ketones is 1. The number of hydrogen-bond donors (Lipinski definition) is 2. The van der Waals surface area contributed by atoms with E-state index in [1.807, 2.05) is 0 Å². The molecule has 0 unspecified atom stereocenters. The molecule has 0 aliphatic heterocycles. The lowest BCUT2D eigenvalue weighted by Gasteiger charge is -2.17. The molecule has 8 nitrogen and oxygen atoms in total. The fraction of sp³-hybridized carbons (Fsp3) is 0.636. The Kier molecular flexibility index (Phi) is 7.99. The van der Waals surface area contributed by atoms with Gasteiger partial charge in [0.1, 0.15) is 12.1 Å². The average Bonchev–Trinajstić information content (AvgIpc) is 2.35. The number of methoxy groups -OCH3 is 1. The molecular formula is C11H17N3O5. The molecule has 0 heterocycles. The highest BCUT2D eigenvalue weighted by atomic mass is 16.5. The van der Waals surface area contributed by atoms with Crippen LogP contribution in [0.5, 0.6) is 0 Å². The van der Waals surface area contributed by atoms with Crippen molar-refractivity contribution in [3.63, 3.8) is 0 Å². The highest BCUT2D eigenvalue weighted by Gasteiger charge is 2.24. The summed E-state index contributed by atoms with van der Waals surface area (Å²) in [6, 6.07) is -1.19. The van der Waals surface area contributed by atoms with E-state index in [9.17, 15) is 14.4 Å². The Balaban J connectivity index is 4.50. The number of Topliss-reactive ketones (excluding diaryl/α,β-unsaturated/α-hetero) is 1. The zero-order valence-corrected chi connectivity index (χ0v) is 10.8. The van der Waals surface area contributed by atoms with Gasteiger partial charge >= 0.3 is 12.2 Å². The van der Waals surface area contributed by atoms with Crippen molar-refractivity contribution >= 4 is 23.9 Å². The standard InChI is InChI=1S/C11H17N3O5/c1-3-9(19-2)10(16)14-8(11(17)18)5-4-7(15)6-13-12/h6,8-9H,3-5H2,1-2H3,(H,14,16)(H,17,18)/t8-,9-/m0/s1. The molecule has 0 aromatic rings. The van der Waals surface area contributed by atoms with Crippen molar-refractivity contribution < 1.29 is 29.0 Å². The first-order valence-corrected chi connectivity index (χ1v) is 5.72. The summed E-state index contributed by atoms with van der Waals surface area (Å²) in [5, 5.41) is 11.2. The topological polar surface area (TPSA) is 129 Å². The predicted octanol–water partition coefficient (Wildman–Crippen LogP) is -0.369. The third-order valence-electron chi connectivity index (χ3n) is 2.44. The van der Waals surface area contributed by atoms with Crippen LogP contribution in [0.2, 0.25) is 0 Å². The van der Waals surface area contributed by atoms with Gasteiger partial charge in [-0.3, -0.25) is 9.59 Å². The molecule has 2 N–H and O–H groups in total. The molecule has 0 saturated carbocycles. The van der Waals surface area contributed by atoms with Crippen LogP contribution in [0.3, 0.4) is 0 Å². The van der Waals surface area contributed by atoms with Gasteiger partial charge in [0.05, 0.1) is 0 Å².